The Bertz CT molecular complexity index is 1950. The number of ether oxygens (including phenoxy) is 1. The normalized spacial score (nSPS) is 19.0. The number of oxazole rings is 1. The first-order valence-electron chi connectivity index (χ1n) is 17.1. The average molecular weight is 739 g/mol. The fraction of sp³-hybridized carbons (Fsp3) is 0.457. The van der Waals surface area contributed by atoms with Gasteiger partial charge in [0.25, 0.3) is 5.91 Å². The molecule has 0 aliphatic carbocycles. The van der Waals surface area contributed by atoms with Gasteiger partial charge >= 0.3 is 5.76 Å². The van der Waals surface area contributed by atoms with Gasteiger partial charge in [0.2, 0.25) is 17.7 Å². The standard InChI is InChI=1S/C35H43ClN8O8/c1-21(2)17-26-33(48)37-12-15-42(30(46)20-44-27-7-4-5-8-29(27)52-35(44)50)14-11-24-19-43(41-40-24)13-6-16-51-28-10-9-23(18-25(28)36)32(47)39-31(22(3)45)34(49)38-26/h4-5,7-10,18-19,21-22,26,31,45H,6,11-17,20H2,1-3H3,(H,37,48)(H,38,49)(H,39,47)/t22-,26-,31+/m1/s1. The quantitative estimate of drug-likeness (QED) is 0.218. The summed E-state index contributed by atoms with van der Waals surface area (Å²) in [5.74, 6) is -2.64. The fourth-order valence-electron chi connectivity index (χ4n) is 5.77. The summed E-state index contributed by atoms with van der Waals surface area (Å²) in [6, 6.07) is 8.84. The second kappa shape index (κ2) is 17.3. The van der Waals surface area contributed by atoms with Gasteiger partial charge in [-0.25, -0.2) is 4.79 Å². The van der Waals surface area contributed by atoms with E-state index >= 15 is 0 Å². The van der Waals surface area contributed by atoms with Gasteiger partial charge in [-0.3, -0.25) is 28.4 Å². The summed E-state index contributed by atoms with van der Waals surface area (Å²) in [5, 5.41) is 27.1. The molecule has 0 spiro atoms. The summed E-state index contributed by atoms with van der Waals surface area (Å²) in [7, 11) is 0. The monoisotopic (exact) mass is 738 g/mol. The molecule has 16 nitrogen and oxygen atoms in total. The zero-order valence-corrected chi connectivity index (χ0v) is 30.0. The van der Waals surface area contributed by atoms with Crippen molar-refractivity contribution in [2.24, 2.45) is 5.92 Å². The molecule has 2 aliphatic heterocycles. The molecule has 3 atom stereocenters. The number of rotatable bonds is 5. The molecule has 0 radical (unpaired) electrons. The minimum absolute atomic E-state index is 0.0139. The number of nitrogens with one attached hydrogen (secondary N) is 3. The summed E-state index contributed by atoms with van der Waals surface area (Å²) in [6.07, 6.45) is 1.63. The van der Waals surface area contributed by atoms with Crippen molar-refractivity contribution in [3.8, 4) is 5.75 Å². The summed E-state index contributed by atoms with van der Waals surface area (Å²) in [5.41, 5.74) is 1.61. The number of para-hydroxylation sites is 2. The van der Waals surface area contributed by atoms with E-state index in [1.807, 2.05) is 13.8 Å². The van der Waals surface area contributed by atoms with Crippen molar-refractivity contribution < 1.29 is 33.4 Å². The van der Waals surface area contributed by atoms with Crippen LogP contribution in [0, 0.1) is 5.92 Å². The van der Waals surface area contributed by atoms with E-state index in [-0.39, 0.29) is 55.0 Å². The Morgan fingerprint density at radius 2 is 1.83 bits per heavy atom. The Labute approximate surface area is 304 Å². The van der Waals surface area contributed by atoms with Gasteiger partial charge in [-0.05, 0) is 49.6 Å². The summed E-state index contributed by atoms with van der Waals surface area (Å²) in [4.78, 5) is 67.9. The Morgan fingerprint density at radius 3 is 2.58 bits per heavy atom. The lowest BCUT2D eigenvalue weighted by atomic mass is 10.0. The number of aliphatic hydroxyl groups excluding tert-OH is 1. The van der Waals surface area contributed by atoms with Gasteiger partial charge in [0.15, 0.2) is 5.58 Å². The van der Waals surface area contributed by atoms with Gasteiger partial charge < -0.3 is 35.1 Å². The number of hydrogen-bond acceptors (Lipinski definition) is 10. The lowest BCUT2D eigenvalue weighted by molar-refractivity contribution is -0.133. The molecule has 17 heteroatoms. The first kappa shape index (κ1) is 38.0. The number of halogens is 1. The summed E-state index contributed by atoms with van der Waals surface area (Å²) >= 11 is 6.41. The lowest BCUT2D eigenvalue weighted by Crippen LogP contribution is -2.57. The van der Waals surface area contributed by atoms with Gasteiger partial charge in [0, 0.05) is 50.8 Å². The molecular weight excluding hydrogens is 696 g/mol. The maximum absolute atomic E-state index is 13.7. The SMILES string of the molecule is CC(C)C[C@H]1NC(=O)[C@H]([C@@H](C)O)NC(=O)c2ccc(c(Cl)c2)OCCCn2cc(nn2)CCN(C(=O)Cn2c(=O)oc3ccccc32)CCNC1=O. The van der Waals surface area contributed by atoms with Crippen molar-refractivity contribution in [3.63, 3.8) is 0 Å². The number of carbonyl (C=O) groups is 4. The van der Waals surface area contributed by atoms with Crippen LogP contribution >= 0.6 is 11.6 Å². The molecule has 4 heterocycles. The van der Waals surface area contributed by atoms with Crippen molar-refractivity contribution in [1.29, 1.82) is 0 Å². The van der Waals surface area contributed by atoms with Gasteiger partial charge in [0.05, 0.1) is 28.9 Å². The molecule has 2 aromatic carbocycles. The van der Waals surface area contributed by atoms with E-state index in [0.717, 1.165) is 0 Å². The van der Waals surface area contributed by atoms with Crippen molar-refractivity contribution >= 4 is 46.3 Å². The third-order valence-corrected chi connectivity index (χ3v) is 8.79. The number of hydrogen-bond donors (Lipinski definition) is 4. The Hall–Kier alpha value is -5.22. The number of amides is 4. The number of fused-ring (bicyclic) bond motifs is 18. The van der Waals surface area contributed by atoms with Crippen molar-refractivity contribution in [1.82, 2.24) is 40.4 Å². The molecule has 4 aromatic rings. The number of nitrogens with zero attached hydrogens (tertiary/aromatic N) is 5. The van der Waals surface area contributed by atoms with Crippen LogP contribution in [0.5, 0.6) is 5.75 Å². The van der Waals surface area contributed by atoms with E-state index in [2.05, 4.69) is 26.3 Å². The predicted octanol–water partition coefficient (Wildman–Crippen LogP) is 1.52. The molecule has 278 valence electrons. The topological polar surface area (TPSA) is 203 Å². The molecule has 6 rings (SSSR count). The Morgan fingerprint density at radius 1 is 1.04 bits per heavy atom. The smallest absolute Gasteiger partial charge is 0.420 e. The van der Waals surface area contributed by atoms with Crippen LogP contribution in [-0.4, -0.2) is 97.6 Å². The molecule has 4 bridgehead atoms. The van der Waals surface area contributed by atoms with Crippen LogP contribution in [0.15, 0.2) is 57.9 Å². The van der Waals surface area contributed by atoms with Gasteiger partial charge in [-0.2, -0.15) is 0 Å². The molecule has 0 saturated heterocycles. The van der Waals surface area contributed by atoms with E-state index in [1.165, 1.54) is 28.5 Å². The van der Waals surface area contributed by atoms with Gasteiger partial charge in [0.1, 0.15) is 24.4 Å². The number of aryl methyl sites for hydroxylation is 1. The maximum Gasteiger partial charge on any atom is 0.420 e. The minimum atomic E-state index is -1.39. The predicted molar refractivity (Wildman–Crippen MR) is 190 cm³/mol. The first-order valence-corrected chi connectivity index (χ1v) is 17.5. The molecule has 52 heavy (non-hydrogen) atoms. The van der Waals surface area contributed by atoms with E-state index in [9.17, 15) is 29.1 Å². The van der Waals surface area contributed by atoms with Crippen LogP contribution in [0.4, 0.5) is 0 Å². The molecule has 2 aliphatic rings. The molecular formula is C35H43ClN8O8. The zero-order valence-electron chi connectivity index (χ0n) is 29.2. The van der Waals surface area contributed by atoms with Crippen LogP contribution in [-0.2, 0) is 33.9 Å². The maximum atomic E-state index is 13.7. The highest BCUT2D eigenvalue weighted by Crippen LogP contribution is 2.26. The zero-order chi connectivity index (χ0) is 37.4. The molecule has 4 amide bonds. The summed E-state index contributed by atoms with van der Waals surface area (Å²) in [6.45, 7) is 5.91. The largest absolute Gasteiger partial charge is 0.492 e. The van der Waals surface area contributed by atoms with E-state index in [1.54, 1.807) is 41.2 Å². The van der Waals surface area contributed by atoms with Crippen molar-refractivity contribution in [2.75, 3.05) is 26.2 Å². The number of carbonyl (C=O) groups excluding carboxylic acids is 4. The second-order valence-corrected chi connectivity index (χ2v) is 13.5. The second-order valence-electron chi connectivity index (χ2n) is 13.0. The molecule has 0 saturated carbocycles. The van der Waals surface area contributed by atoms with E-state index in [0.29, 0.717) is 48.5 Å². The third-order valence-electron chi connectivity index (χ3n) is 8.50. The van der Waals surface area contributed by atoms with Crippen molar-refractivity contribution in [2.45, 2.75) is 71.3 Å². The fourth-order valence-corrected chi connectivity index (χ4v) is 6.01. The molecule has 0 unspecified atom stereocenters. The van der Waals surface area contributed by atoms with Crippen LogP contribution in [0.25, 0.3) is 11.1 Å². The van der Waals surface area contributed by atoms with Crippen LogP contribution in [0.2, 0.25) is 5.02 Å². The Balaban J connectivity index is 1.38. The van der Waals surface area contributed by atoms with E-state index in [4.69, 9.17) is 20.8 Å². The minimum Gasteiger partial charge on any atom is -0.492 e. The highest BCUT2D eigenvalue weighted by Gasteiger charge is 2.31. The summed E-state index contributed by atoms with van der Waals surface area (Å²) < 4.78 is 14.0. The third kappa shape index (κ3) is 9.76. The molecule has 2 aromatic heterocycles. The highest BCUT2D eigenvalue weighted by atomic mass is 35.5. The highest BCUT2D eigenvalue weighted by molar-refractivity contribution is 6.32. The van der Waals surface area contributed by atoms with Crippen LogP contribution in [0.1, 0.15) is 49.7 Å². The molecule has 0 fully saturated rings. The molecule has 4 N–H and O–H groups in total. The van der Waals surface area contributed by atoms with Crippen LogP contribution < -0.4 is 26.4 Å². The van der Waals surface area contributed by atoms with Gasteiger partial charge in [-0.15, -0.1) is 5.10 Å². The van der Waals surface area contributed by atoms with Crippen molar-refractivity contribution in [3.05, 3.63) is 75.5 Å². The van der Waals surface area contributed by atoms with Gasteiger partial charge in [-0.1, -0.05) is 42.8 Å². The van der Waals surface area contributed by atoms with Crippen LogP contribution in [0.3, 0.4) is 0 Å². The lowest BCUT2D eigenvalue weighted by Gasteiger charge is -2.26. The number of aromatic nitrogens is 4. The average Bonchev–Trinajstić information content (AvgIpc) is 3.69. The number of aliphatic hydroxyl groups is 1. The first-order chi connectivity index (χ1) is 24.9. The van der Waals surface area contributed by atoms with E-state index < -0.39 is 41.7 Å². The Kier molecular flexibility index (Phi) is 12.7. The number of benzene rings is 2.